The number of fused-ring (bicyclic) bond motifs is 1. The predicted molar refractivity (Wildman–Crippen MR) is 78.5 cm³/mol. The van der Waals surface area contributed by atoms with Gasteiger partial charge in [-0.3, -0.25) is 0 Å². The second kappa shape index (κ2) is 4.97. The third-order valence-corrected chi connectivity index (χ3v) is 3.59. The van der Waals surface area contributed by atoms with Crippen LogP contribution in [0, 0.1) is 0 Å². The molecular weight excluding hydrogens is 322 g/mol. The third-order valence-electron chi connectivity index (χ3n) is 2.81. The molecule has 0 aliphatic carbocycles. The number of hydrogen-bond acceptors (Lipinski definition) is 3. The van der Waals surface area contributed by atoms with Crippen LogP contribution in [0.3, 0.4) is 0 Å². The van der Waals surface area contributed by atoms with Crippen LogP contribution in [0.25, 0.3) is 16.8 Å². The van der Waals surface area contributed by atoms with E-state index in [1.54, 1.807) is 16.8 Å². The van der Waals surface area contributed by atoms with Gasteiger partial charge in [-0.1, -0.05) is 30.3 Å². The van der Waals surface area contributed by atoms with Crippen LogP contribution in [0.2, 0.25) is 0 Å². The first-order chi connectivity index (χ1) is 9.65. The van der Waals surface area contributed by atoms with Crippen LogP contribution in [0.5, 0.6) is 5.75 Å². The molecule has 5 nitrogen and oxygen atoms in total. The van der Waals surface area contributed by atoms with Crippen LogP contribution in [0.15, 0.2) is 53.1 Å². The van der Waals surface area contributed by atoms with E-state index in [1.165, 1.54) is 0 Å². The summed E-state index contributed by atoms with van der Waals surface area (Å²) < 4.78 is 7.37. The van der Waals surface area contributed by atoms with Gasteiger partial charge in [-0.25, -0.2) is 9.31 Å². The van der Waals surface area contributed by atoms with E-state index in [0.717, 1.165) is 21.2 Å². The van der Waals surface area contributed by atoms with Crippen LogP contribution in [-0.4, -0.2) is 15.7 Å². The summed E-state index contributed by atoms with van der Waals surface area (Å²) in [6.45, 7) is 0. The number of rotatable bonds is 2. The van der Waals surface area contributed by atoms with Gasteiger partial charge in [0.15, 0.2) is 5.75 Å². The number of nitrogens with zero attached hydrogens (tertiary/aromatic N) is 2. The first-order valence-corrected chi connectivity index (χ1v) is 6.65. The Morgan fingerprint density at radius 2 is 1.95 bits per heavy atom. The fourth-order valence-corrected chi connectivity index (χ4v) is 2.58. The molecule has 1 aromatic carbocycles. The van der Waals surface area contributed by atoms with Crippen molar-refractivity contribution in [1.29, 1.82) is 0 Å². The zero-order valence-corrected chi connectivity index (χ0v) is 11.9. The highest BCUT2D eigenvalue weighted by atomic mass is 79.9. The number of primary amides is 1. The number of carbonyl (C=O) groups is 1. The summed E-state index contributed by atoms with van der Waals surface area (Å²) >= 11 is 3.55. The van der Waals surface area contributed by atoms with Gasteiger partial charge in [0.2, 0.25) is 0 Å². The second-order valence-electron chi connectivity index (χ2n) is 4.14. The first-order valence-electron chi connectivity index (χ1n) is 5.86. The zero-order chi connectivity index (χ0) is 14.1. The van der Waals surface area contributed by atoms with Gasteiger partial charge in [0, 0.05) is 5.56 Å². The van der Waals surface area contributed by atoms with Crippen molar-refractivity contribution in [2.45, 2.75) is 0 Å². The highest BCUT2D eigenvalue weighted by molar-refractivity contribution is 9.10. The van der Waals surface area contributed by atoms with Crippen molar-refractivity contribution in [1.82, 2.24) is 9.61 Å². The molecule has 0 unspecified atom stereocenters. The third kappa shape index (κ3) is 2.25. The summed E-state index contributed by atoms with van der Waals surface area (Å²) in [5, 5.41) is 4.49. The van der Waals surface area contributed by atoms with Gasteiger partial charge in [-0.15, -0.1) is 0 Å². The average molecular weight is 332 g/mol. The standard InChI is InChI=1S/C14H10BrN3O2/c15-12-11-7-6-10(20-14(16)19)8-18(11)17-13(12)9-4-2-1-3-5-9/h1-8H,(H2,16,19). The van der Waals surface area contributed by atoms with E-state index in [1.807, 2.05) is 36.4 Å². The van der Waals surface area contributed by atoms with Gasteiger partial charge in [0.25, 0.3) is 0 Å². The number of hydrogen-bond donors (Lipinski definition) is 1. The lowest BCUT2D eigenvalue weighted by Crippen LogP contribution is -2.16. The second-order valence-corrected chi connectivity index (χ2v) is 4.94. The van der Waals surface area contributed by atoms with Crippen molar-refractivity contribution in [3.63, 3.8) is 0 Å². The molecule has 0 saturated carbocycles. The predicted octanol–water partition coefficient (Wildman–Crippen LogP) is 3.22. The molecule has 3 rings (SSSR count). The molecule has 1 amide bonds. The largest absolute Gasteiger partial charge is 0.410 e. The first kappa shape index (κ1) is 12.7. The molecule has 0 bridgehead atoms. The molecule has 0 fully saturated rings. The Morgan fingerprint density at radius 3 is 2.65 bits per heavy atom. The number of aromatic nitrogens is 2. The Bertz CT molecular complexity index is 784. The molecule has 0 spiro atoms. The van der Waals surface area contributed by atoms with Crippen LogP contribution in [-0.2, 0) is 0 Å². The summed E-state index contributed by atoms with van der Waals surface area (Å²) in [6, 6.07) is 13.3. The average Bonchev–Trinajstić information content (AvgIpc) is 2.76. The van der Waals surface area contributed by atoms with Crippen LogP contribution < -0.4 is 10.5 Å². The topological polar surface area (TPSA) is 69.6 Å². The molecular formula is C14H10BrN3O2. The summed E-state index contributed by atoms with van der Waals surface area (Å²) in [5.74, 6) is 0.347. The highest BCUT2D eigenvalue weighted by Gasteiger charge is 2.12. The van der Waals surface area contributed by atoms with E-state index >= 15 is 0 Å². The van der Waals surface area contributed by atoms with Gasteiger partial charge in [-0.2, -0.15) is 5.10 Å². The normalized spacial score (nSPS) is 10.7. The highest BCUT2D eigenvalue weighted by Crippen LogP contribution is 2.31. The minimum Gasteiger partial charge on any atom is -0.409 e. The summed E-state index contributed by atoms with van der Waals surface area (Å²) in [4.78, 5) is 10.8. The van der Waals surface area contributed by atoms with Crippen LogP contribution in [0.4, 0.5) is 4.79 Å². The molecule has 20 heavy (non-hydrogen) atoms. The maximum atomic E-state index is 10.8. The number of nitrogens with two attached hydrogens (primary N) is 1. The number of benzene rings is 1. The molecule has 0 saturated heterocycles. The van der Waals surface area contributed by atoms with E-state index in [9.17, 15) is 4.79 Å². The molecule has 2 aromatic heterocycles. The Hall–Kier alpha value is -2.34. The molecule has 0 aliphatic heterocycles. The molecule has 2 N–H and O–H groups in total. The lowest BCUT2D eigenvalue weighted by atomic mass is 10.1. The summed E-state index contributed by atoms with van der Waals surface area (Å²) in [6.07, 6.45) is 0.760. The number of carbonyl (C=O) groups excluding carboxylic acids is 1. The summed E-state index contributed by atoms with van der Waals surface area (Å²) in [5.41, 5.74) is 7.69. The maximum absolute atomic E-state index is 10.8. The molecule has 0 radical (unpaired) electrons. The van der Waals surface area contributed by atoms with Crippen LogP contribution >= 0.6 is 15.9 Å². The molecule has 0 atom stereocenters. The van der Waals surface area contributed by atoms with Crippen molar-refractivity contribution in [3.05, 3.63) is 53.1 Å². The van der Waals surface area contributed by atoms with Crippen molar-refractivity contribution >= 4 is 27.5 Å². The van der Waals surface area contributed by atoms with E-state index < -0.39 is 6.09 Å². The Morgan fingerprint density at radius 1 is 1.20 bits per heavy atom. The lowest BCUT2D eigenvalue weighted by molar-refractivity contribution is 0.210. The zero-order valence-electron chi connectivity index (χ0n) is 10.3. The summed E-state index contributed by atoms with van der Waals surface area (Å²) in [7, 11) is 0. The number of pyridine rings is 1. The van der Waals surface area contributed by atoms with E-state index in [0.29, 0.717) is 5.75 Å². The minimum absolute atomic E-state index is 0.347. The number of halogens is 1. The van der Waals surface area contributed by atoms with Gasteiger partial charge < -0.3 is 10.5 Å². The van der Waals surface area contributed by atoms with E-state index in [-0.39, 0.29) is 0 Å². The Kier molecular flexibility index (Phi) is 3.15. The Labute approximate surface area is 123 Å². The van der Waals surface area contributed by atoms with Crippen molar-refractivity contribution in [2.24, 2.45) is 5.73 Å². The quantitative estimate of drug-likeness (QED) is 0.783. The molecule has 2 heterocycles. The smallest absolute Gasteiger partial charge is 0.409 e. The van der Waals surface area contributed by atoms with Gasteiger partial charge in [0.05, 0.1) is 16.2 Å². The fraction of sp³-hybridized carbons (Fsp3) is 0. The van der Waals surface area contributed by atoms with Gasteiger partial charge in [0.1, 0.15) is 5.69 Å². The molecule has 0 aliphatic rings. The minimum atomic E-state index is -0.848. The SMILES string of the molecule is NC(=O)Oc1ccc2c(Br)c(-c3ccccc3)nn2c1. The van der Waals surface area contributed by atoms with E-state index in [4.69, 9.17) is 10.5 Å². The maximum Gasteiger partial charge on any atom is 0.410 e. The number of ether oxygens (including phenoxy) is 1. The fourth-order valence-electron chi connectivity index (χ4n) is 1.96. The number of amides is 1. The molecule has 3 aromatic rings. The molecule has 6 heteroatoms. The van der Waals surface area contributed by atoms with Crippen molar-refractivity contribution < 1.29 is 9.53 Å². The van der Waals surface area contributed by atoms with Gasteiger partial charge in [-0.05, 0) is 28.1 Å². The van der Waals surface area contributed by atoms with E-state index in [2.05, 4.69) is 21.0 Å². The van der Waals surface area contributed by atoms with Crippen molar-refractivity contribution in [2.75, 3.05) is 0 Å². The Balaban J connectivity index is 2.12. The molecule has 100 valence electrons. The lowest BCUT2D eigenvalue weighted by Gasteiger charge is -2.00. The van der Waals surface area contributed by atoms with Crippen LogP contribution in [0.1, 0.15) is 0 Å². The van der Waals surface area contributed by atoms with Crippen molar-refractivity contribution in [3.8, 4) is 17.0 Å². The monoisotopic (exact) mass is 331 g/mol. The van der Waals surface area contributed by atoms with Gasteiger partial charge >= 0.3 is 6.09 Å².